The van der Waals surface area contributed by atoms with E-state index in [1.807, 2.05) is 51.2 Å². The predicted octanol–water partition coefficient (Wildman–Crippen LogP) is 5.34. The number of hydrogen-bond acceptors (Lipinski definition) is 3. The molecule has 2 aromatic heterocycles. The van der Waals surface area contributed by atoms with Crippen LogP contribution in [0.15, 0.2) is 34.8 Å². The molecule has 1 amide bonds. The highest BCUT2D eigenvalue weighted by Gasteiger charge is 2.19. The van der Waals surface area contributed by atoms with Gasteiger partial charge in [0.2, 0.25) is 0 Å². The Hall–Kier alpha value is -1.92. The molecule has 3 aromatic rings. The fourth-order valence-electron chi connectivity index (χ4n) is 2.92. The topological polar surface area (TPSA) is 46.9 Å². The minimum Gasteiger partial charge on any atom is -0.306 e. The van der Waals surface area contributed by atoms with Gasteiger partial charge in [0.15, 0.2) is 0 Å². The van der Waals surface area contributed by atoms with Crippen LogP contribution in [-0.4, -0.2) is 15.7 Å². The van der Waals surface area contributed by atoms with E-state index in [0.29, 0.717) is 5.82 Å². The Morgan fingerprint density at radius 1 is 1.28 bits per heavy atom. The van der Waals surface area contributed by atoms with Gasteiger partial charge in [-0.25, -0.2) is 0 Å². The number of aryl methyl sites for hydroxylation is 4. The van der Waals surface area contributed by atoms with Crippen molar-refractivity contribution in [1.82, 2.24) is 9.78 Å². The fraction of sp³-hybridized carbons (Fsp3) is 0.263. The summed E-state index contributed by atoms with van der Waals surface area (Å²) in [6, 6.07) is 9.98. The van der Waals surface area contributed by atoms with Gasteiger partial charge < -0.3 is 5.32 Å². The number of nitrogens with zero attached hydrogens (tertiary/aromatic N) is 2. The van der Waals surface area contributed by atoms with E-state index in [2.05, 4.69) is 33.3 Å². The highest BCUT2D eigenvalue weighted by atomic mass is 79.9. The maximum Gasteiger partial charge on any atom is 0.266 e. The summed E-state index contributed by atoms with van der Waals surface area (Å²) < 4.78 is 2.75. The average molecular weight is 418 g/mol. The van der Waals surface area contributed by atoms with Crippen molar-refractivity contribution in [1.29, 1.82) is 0 Å². The summed E-state index contributed by atoms with van der Waals surface area (Å²) in [6.45, 7) is 6.11. The Balaban J connectivity index is 1.97. The number of carbonyl (C=O) groups excluding carboxylic acids is 1. The summed E-state index contributed by atoms with van der Waals surface area (Å²) in [5.41, 5.74) is 4.04. The zero-order valence-corrected chi connectivity index (χ0v) is 17.1. The van der Waals surface area contributed by atoms with Gasteiger partial charge in [-0.15, -0.1) is 11.3 Å². The molecule has 0 bridgehead atoms. The number of benzene rings is 1. The third kappa shape index (κ3) is 3.55. The van der Waals surface area contributed by atoms with Crippen LogP contribution in [0.4, 0.5) is 5.82 Å². The number of thiophene rings is 1. The van der Waals surface area contributed by atoms with Crippen LogP contribution in [-0.2, 0) is 13.5 Å². The number of rotatable bonds is 4. The molecule has 0 aliphatic heterocycles. The molecule has 1 aromatic carbocycles. The van der Waals surface area contributed by atoms with Crippen LogP contribution in [0.5, 0.6) is 0 Å². The van der Waals surface area contributed by atoms with Crippen molar-refractivity contribution >= 4 is 39.0 Å². The minimum absolute atomic E-state index is 0.0887. The van der Waals surface area contributed by atoms with Gasteiger partial charge in [0.25, 0.3) is 5.91 Å². The highest BCUT2D eigenvalue weighted by molar-refractivity contribution is 9.10. The van der Waals surface area contributed by atoms with Crippen molar-refractivity contribution in [3.8, 4) is 11.1 Å². The monoisotopic (exact) mass is 417 g/mol. The molecule has 2 heterocycles. The van der Waals surface area contributed by atoms with Crippen LogP contribution in [0.2, 0.25) is 0 Å². The third-order valence-corrected chi connectivity index (χ3v) is 6.06. The number of aromatic nitrogens is 2. The van der Waals surface area contributed by atoms with Gasteiger partial charge in [-0.2, -0.15) is 5.10 Å². The third-order valence-electron chi connectivity index (χ3n) is 4.15. The van der Waals surface area contributed by atoms with Crippen LogP contribution >= 0.6 is 27.3 Å². The number of carbonyl (C=O) groups is 1. The first-order valence-electron chi connectivity index (χ1n) is 8.11. The molecule has 0 radical (unpaired) electrons. The smallest absolute Gasteiger partial charge is 0.266 e. The van der Waals surface area contributed by atoms with Gasteiger partial charge in [-0.3, -0.25) is 9.48 Å². The molecule has 25 heavy (non-hydrogen) atoms. The largest absolute Gasteiger partial charge is 0.306 e. The summed E-state index contributed by atoms with van der Waals surface area (Å²) in [5, 5.41) is 7.54. The van der Waals surface area contributed by atoms with Crippen molar-refractivity contribution in [2.24, 2.45) is 7.05 Å². The quantitative estimate of drug-likeness (QED) is 0.622. The zero-order chi connectivity index (χ0) is 18.1. The molecule has 0 unspecified atom stereocenters. The minimum atomic E-state index is -0.0887. The normalized spacial score (nSPS) is 10.9. The summed E-state index contributed by atoms with van der Waals surface area (Å²) in [5.74, 6) is 0.628. The van der Waals surface area contributed by atoms with Crippen LogP contribution < -0.4 is 5.32 Å². The Labute approximate surface area is 160 Å². The predicted molar refractivity (Wildman–Crippen MR) is 107 cm³/mol. The number of anilines is 1. The van der Waals surface area contributed by atoms with E-state index in [1.165, 1.54) is 10.4 Å². The van der Waals surface area contributed by atoms with E-state index >= 15 is 0 Å². The maximum absolute atomic E-state index is 12.7. The van der Waals surface area contributed by atoms with Crippen molar-refractivity contribution in [2.45, 2.75) is 27.2 Å². The van der Waals surface area contributed by atoms with Crippen LogP contribution in [0.3, 0.4) is 0 Å². The Morgan fingerprint density at radius 3 is 2.56 bits per heavy atom. The first kappa shape index (κ1) is 17.9. The number of hydrogen-bond donors (Lipinski definition) is 1. The Morgan fingerprint density at radius 2 is 1.96 bits per heavy atom. The highest BCUT2D eigenvalue weighted by Crippen LogP contribution is 2.32. The van der Waals surface area contributed by atoms with E-state index in [-0.39, 0.29) is 5.91 Å². The lowest BCUT2D eigenvalue weighted by atomic mass is 10.1. The molecule has 0 fully saturated rings. The molecule has 3 rings (SSSR count). The molecule has 130 valence electrons. The van der Waals surface area contributed by atoms with Crippen LogP contribution in [0.1, 0.15) is 32.7 Å². The Kier molecular flexibility index (Phi) is 5.11. The average Bonchev–Trinajstić information content (AvgIpc) is 3.08. The fourth-order valence-corrected chi connectivity index (χ4v) is 4.19. The second kappa shape index (κ2) is 7.14. The van der Waals surface area contributed by atoms with Crippen molar-refractivity contribution < 1.29 is 4.79 Å². The molecule has 1 N–H and O–H groups in total. The molecule has 4 nitrogen and oxygen atoms in total. The SMILES string of the molecule is CCc1sc(C(=O)Nc2c(-c3ccc(Br)cc3)c(C)nn2C)cc1C. The second-order valence-electron chi connectivity index (χ2n) is 5.96. The summed E-state index contributed by atoms with van der Waals surface area (Å²) in [7, 11) is 1.85. The number of halogens is 1. The molecule has 0 spiro atoms. The van der Waals surface area contributed by atoms with Gasteiger partial charge in [0.05, 0.1) is 10.6 Å². The van der Waals surface area contributed by atoms with Gasteiger partial charge in [-0.1, -0.05) is 35.0 Å². The van der Waals surface area contributed by atoms with Gasteiger partial charge in [-0.05, 0) is 49.6 Å². The summed E-state index contributed by atoms with van der Waals surface area (Å²) in [6.07, 6.45) is 0.943. The lowest BCUT2D eigenvalue weighted by Gasteiger charge is -2.08. The first-order chi connectivity index (χ1) is 11.9. The van der Waals surface area contributed by atoms with Gasteiger partial charge in [0.1, 0.15) is 5.82 Å². The van der Waals surface area contributed by atoms with Crippen LogP contribution in [0.25, 0.3) is 11.1 Å². The van der Waals surface area contributed by atoms with Crippen molar-refractivity contribution in [2.75, 3.05) is 5.32 Å². The molecule has 0 atom stereocenters. The molecule has 0 saturated carbocycles. The molecule has 0 saturated heterocycles. The molecular weight excluding hydrogens is 398 g/mol. The molecule has 6 heteroatoms. The van der Waals surface area contributed by atoms with E-state index in [0.717, 1.165) is 32.6 Å². The maximum atomic E-state index is 12.7. The lowest BCUT2D eigenvalue weighted by Crippen LogP contribution is -2.14. The van der Waals surface area contributed by atoms with E-state index in [1.54, 1.807) is 16.0 Å². The zero-order valence-electron chi connectivity index (χ0n) is 14.7. The van der Waals surface area contributed by atoms with E-state index < -0.39 is 0 Å². The lowest BCUT2D eigenvalue weighted by molar-refractivity contribution is 0.102. The standard InChI is InChI=1S/C19H20BrN3OS/c1-5-15-11(2)10-16(25-15)19(24)21-18-17(12(3)22-23(18)4)13-6-8-14(20)9-7-13/h6-10H,5H2,1-4H3,(H,21,24). The summed E-state index contributed by atoms with van der Waals surface area (Å²) in [4.78, 5) is 14.7. The van der Waals surface area contributed by atoms with Crippen molar-refractivity contribution in [3.05, 3.63) is 55.8 Å². The molecular formula is C19H20BrN3OS. The Bertz CT molecular complexity index is 925. The van der Waals surface area contributed by atoms with E-state index in [4.69, 9.17) is 0 Å². The number of nitrogens with one attached hydrogen (secondary N) is 1. The number of amides is 1. The van der Waals surface area contributed by atoms with Gasteiger partial charge >= 0.3 is 0 Å². The second-order valence-corrected chi connectivity index (χ2v) is 8.02. The van der Waals surface area contributed by atoms with E-state index in [9.17, 15) is 4.79 Å². The molecule has 0 aliphatic carbocycles. The summed E-state index contributed by atoms with van der Waals surface area (Å²) >= 11 is 5.01. The van der Waals surface area contributed by atoms with Crippen LogP contribution in [0, 0.1) is 13.8 Å². The molecule has 0 aliphatic rings. The van der Waals surface area contributed by atoms with Gasteiger partial charge in [0, 0.05) is 22.0 Å². The first-order valence-corrected chi connectivity index (χ1v) is 9.71. The van der Waals surface area contributed by atoms with Crippen molar-refractivity contribution in [3.63, 3.8) is 0 Å².